The average molecular weight is 451 g/mol. The largest absolute Gasteiger partial charge is 0.573 e. The minimum absolute atomic E-state index is 0.119. The molecule has 0 bridgehead atoms. The van der Waals surface area contributed by atoms with E-state index in [1.165, 1.54) is 108 Å². The normalized spacial score (nSPS) is 33.5. The Bertz CT molecular complexity index is 690. The van der Waals surface area contributed by atoms with Crippen LogP contribution >= 0.6 is 0 Å². The van der Waals surface area contributed by atoms with Gasteiger partial charge in [-0.3, -0.25) is 0 Å². The highest BCUT2D eigenvalue weighted by molar-refractivity contribution is 5.29. The van der Waals surface area contributed by atoms with E-state index < -0.39 is 6.36 Å². The van der Waals surface area contributed by atoms with Crippen molar-refractivity contribution in [3.8, 4) is 5.75 Å². The summed E-state index contributed by atoms with van der Waals surface area (Å²) in [6.07, 6.45) is 14.7. The molecule has 0 saturated heterocycles. The van der Waals surface area contributed by atoms with Crippen molar-refractivity contribution in [2.75, 3.05) is 0 Å². The maximum Gasteiger partial charge on any atom is 0.573 e. The summed E-state index contributed by atoms with van der Waals surface area (Å²) in [6.45, 7) is 2.30. The third kappa shape index (κ3) is 6.44. The molecule has 32 heavy (non-hydrogen) atoms. The lowest BCUT2D eigenvalue weighted by molar-refractivity contribution is -0.274. The van der Waals surface area contributed by atoms with E-state index in [4.69, 9.17) is 0 Å². The van der Waals surface area contributed by atoms with Crippen molar-refractivity contribution in [3.05, 3.63) is 29.8 Å². The zero-order valence-electron chi connectivity index (χ0n) is 19.7. The molecular formula is C28H41F3O. The van der Waals surface area contributed by atoms with E-state index in [1.807, 2.05) is 12.1 Å². The molecule has 4 atom stereocenters. The Morgan fingerprint density at radius 1 is 0.750 bits per heavy atom. The fourth-order valence-electron chi connectivity index (χ4n) is 7.26. The predicted octanol–water partition coefficient (Wildman–Crippen LogP) is 9.27. The fraction of sp³-hybridized carbons (Fsp3) is 0.786. The molecule has 0 heterocycles. The van der Waals surface area contributed by atoms with Crippen LogP contribution in [0.5, 0.6) is 5.75 Å². The van der Waals surface area contributed by atoms with Crippen LogP contribution < -0.4 is 4.74 Å². The lowest BCUT2D eigenvalue weighted by Crippen LogP contribution is -2.34. The van der Waals surface area contributed by atoms with Gasteiger partial charge in [0.15, 0.2) is 0 Å². The van der Waals surface area contributed by atoms with Crippen molar-refractivity contribution in [1.29, 1.82) is 0 Å². The summed E-state index contributed by atoms with van der Waals surface area (Å²) in [7, 11) is 0. The molecule has 0 aliphatic heterocycles. The fourth-order valence-corrected chi connectivity index (χ4v) is 7.26. The highest BCUT2D eigenvalue weighted by Gasteiger charge is 2.38. The lowest BCUT2D eigenvalue weighted by atomic mass is 9.60. The van der Waals surface area contributed by atoms with E-state index in [0.717, 1.165) is 29.6 Å². The van der Waals surface area contributed by atoms with Crippen LogP contribution in [0, 0.1) is 29.6 Å². The molecule has 3 aliphatic rings. The summed E-state index contributed by atoms with van der Waals surface area (Å²) in [5, 5.41) is 0. The number of hydrogen-bond donors (Lipinski definition) is 0. The summed E-state index contributed by atoms with van der Waals surface area (Å²) >= 11 is 0. The summed E-state index contributed by atoms with van der Waals surface area (Å²) in [5.74, 6) is 5.13. The van der Waals surface area contributed by atoms with Gasteiger partial charge in [-0.05, 0) is 111 Å². The number of ether oxygens (including phenoxy) is 1. The third-order valence-electron chi connectivity index (χ3n) is 9.00. The number of rotatable bonds is 7. The van der Waals surface area contributed by atoms with Crippen molar-refractivity contribution >= 4 is 0 Å². The first-order chi connectivity index (χ1) is 15.4. The molecule has 3 fully saturated rings. The number of fused-ring (bicyclic) bond motifs is 1. The minimum Gasteiger partial charge on any atom is -0.406 e. The molecular weight excluding hydrogens is 409 g/mol. The highest BCUT2D eigenvalue weighted by atomic mass is 19.4. The maximum absolute atomic E-state index is 12.4. The molecule has 0 radical (unpaired) electrons. The lowest BCUT2D eigenvalue weighted by Gasteiger charge is -2.45. The summed E-state index contributed by atoms with van der Waals surface area (Å²) in [4.78, 5) is 0. The van der Waals surface area contributed by atoms with E-state index in [0.29, 0.717) is 5.92 Å². The van der Waals surface area contributed by atoms with Crippen molar-refractivity contribution in [1.82, 2.24) is 0 Å². The second kappa shape index (κ2) is 10.8. The topological polar surface area (TPSA) is 9.23 Å². The van der Waals surface area contributed by atoms with Gasteiger partial charge in [0.05, 0.1) is 0 Å². The van der Waals surface area contributed by atoms with Crippen LogP contribution in [0.15, 0.2) is 24.3 Å². The van der Waals surface area contributed by atoms with Gasteiger partial charge in [0.2, 0.25) is 0 Å². The van der Waals surface area contributed by atoms with Gasteiger partial charge in [-0.2, -0.15) is 0 Å². The molecule has 0 spiro atoms. The van der Waals surface area contributed by atoms with Gasteiger partial charge in [0.1, 0.15) is 5.75 Å². The Kier molecular flexibility index (Phi) is 8.10. The Labute approximate surface area is 192 Å². The van der Waals surface area contributed by atoms with Crippen LogP contribution in [-0.2, 0) is 0 Å². The van der Waals surface area contributed by atoms with E-state index in [2.05, 4.69) is 11.7 Å². The Morgan fingerprint density at radius 3 is 2.00 bits per heavy atom. The maximum atomic E-state index is 12.4. The Morgan fingerprint density at radius 2 is 1.34 bits per heavy atom. The van der Waals surface area contributed by atoms with Crippen LogP contribution in [-0.4, -0.2) is 6.36 Å². The second-order valence-electron chi connectivity index (χ2n) is 11.0. The first-order valence-electron chi connectivity index (χ1n) is 13.3. The van der Waals surface area contributed by atoms with Gasteiger partial charge in [0.25, 0.3) is 0 Å². The zero-order chi connectivity index (χ0) is 22.6. The van der Waals surface area contributed by atoms with E-state index in [-0.39, 0.29) is 5.75 Å². The highest BCUT2D eigenvalue weighted by Crippen LogP contribution is 2.50. The number of benzene rings is 1. The van der Waals surface area contributed by atoms with E-state index in [9.17, 15) is 13.2 Å². The standard InChI is InChI=1S/C28H41F3O/c1-2-3-4-5-20-6-7-26-19-25(13-12-24(26)18-20)23-10-8-21(9-11-23)22-14-16-27(17-15-22)32-28(29,30)31/h14-17,20-21,23-26H,2-13,18-19H2,1H3/t20-,21?,23?,24-,25+,26+/m0/s1. The average Bonchev–Trinajstić information content (AvgIpc) is 2.78. The van der Waals surface area contributed by atoms with Gasteiger partial charge in [-0.1, -0.05) is 51.2 Å². The molecule has 0 unspecified atom stereocenters. The first-order valence-corrected chi connectivity index (χ1v) is 13.3. The molecule has 180 valence electrons. The van der Waals surface area contributed by atoms with Gasteiger partial charge in [-0.15, -0.1) is 13.2 Å². The van der Waals surface area contributed by atoms with Crippen molar-refractivity contribution in [3.63, 3.8) is 0 Å². The molecule has 4 rings (SSSR count). The molecule has 4 heteroatoms. The van der Waals surface area contributed by atoms with Crippen LogP contribution in [0.4, 0.5) is 13.2 Å². The Balaban J connectivity index is 1.22. The molecule has 3 saturated carbocycles. The van der Waals surface area contributed by atoms with Crippen LogP contribution in [0.3, 0.4) is 0 Å². The molecule has 1 aromatic rings. The SMILES string of the molecule is CCCCC[C@H]1CC[C@@H]2C[C@H](C3CCC(c4ccc(OC(F)(F)F)cc4)CC3)CC[C@H]2C1. The molecule has 0 aromatic heterocycles. The number of unbranched alkanes of at least 4 members (excludes halogenated alkanes) is 2. The zero-order valence-corrected chi connectivity index (χ0v) is 19.7. The van der Waals surface area contributed by atoms with Gasteiger partial charge in [0, 0.05) is 0 Å². The monoisotopic (exact) mass is 450 g/mol. The number of alkyl halides is 3. The number of halogens is 3. The van der Waals surface area contributed by atoms with Gasteiger partial charge in [-0.25, -0.2) is 0 Å². The van der Waals surface area contributed by atoms with Crippen molar-refractivity contribution in [2.45, 2.75) is 109 Å². The first kappa shape index (κ1) is 24.0. The molecule has 1 nitrogen and oxygen atoms in total. The molecule has 1 aromatic carbocycles. The third-order valence-corrected chi connectivity index (χ3v) is 9.00. The van der Waals surface area contributed by atoms with Crippen LogP contribution in [0.25, 0.3) is 0 Å². The predicted molar refractivity (Wildman–Crippen MR) is 124 cm³/mol. The summed E-state index contributed by atoms with van der Waals surface area (Å²) in [5.41, 5.74) is 1.17. The Hall–Kier alpha value is -1.19. The quantitative estimate of drug-likeness (QED) is 0.376. The second-order valence-corrected chi connectivity index (χ2v) is 11.0. The van der Waals surface area contributed by atoms with Gasteiger partial charge < -0.3 is 4.74 Å². The van der Waals surface area contributed by atoms with Crippen molar-refractivity contribution in [2.24, 2.45) is 29.6 Å². The summed E-state index contributed by atoms with van der Waals surface area (Å²) in [6, 6.07) is 6.59. The van der Waals surface area contributed by atoms with E-state index >= 15 is 0 Å². The molecule has 0 amide bonds. The minimum atomic E-state index is -4.62. The smallest absolute Gasteiger partial charge is 0.406 e. The molecule has 3 aliphatic carbocycles. The van der Waals surface area contributed by atoms with E-state index in [1.54, 1.807) is 0 Å². The number of hydrogen-bond acceptors (Lipinski definition) is 1. The van der Waals surface area contributed by atoms with Crippen molar-refractivity contribution < 1.29 is 17.9 Å². The summed E-state index contributed by atoms with van der Waals surface area (Å²) < 4.78 is 41.2. The van der Waals surface area contributed by atoms with Crippen LogP contribution in [0.2, 0.25) is 0 Å². The van der Waals surface area contributed by atoms with Gasteiger partial charge >= 0.3 is 6.36 Å². The molecule has 0 N–H and O–H groups in total. The van der Waals surface area contributed by atoms with Crippen LogP contribution in [0.1, 0.15) is 108 Å².